The fourth-order valence-corrected chi connectivity index (χ4v) is 4.61. The van der Waals surface area contributed by atoms with Gasteiger partial charge >= 0.3 is 0 Å². The minimum Gasteiger partial charge on any atom is -0.491 e. The van der Waals surface area contributed by atoms with Crippen molar-refractivity contribution in [2.45, 2.75) is 25.0 Å². The quantitative estimate of drug-likeness (QED) is 0.582. The average molecular weight is 536 g/mol. The lowest BCUT2D eigenvalue weighted by atomic mass is 10.1. The Balaban J connectivity index is 0.000000190. The van der Waals surface area contributed by atoms with E-state index in [1.807, 2.05) is 24.3 Å². The number of fused-ring (bicyclic) bond motifs is 2. The number of morpholine rings is 2. The highest BCUT2D eigenvalue weighted by molar-refractivity contribution is 5.85. The molecule has 6 rings (SSSR count). The van der Waals surface area contributed by atoms with Crippen LogP contribution in [0.3, 0.4) is 0 Å². The topological polar surface area (TPSA) is 61.0 Å². The predicted molar refractivity (Wildman–Crippen MR) is 149 cm³/mol. The minimum atomic E-state index is 0. The normalized spacial score (nSPS) is 21.2. The summed E-state index contributed by atoms with van der Waals surface area (Å²) in [6.45, 7) is 6.47. The molecule has 2 fully saturated rings. The van der Waals surface area contributed by atoms with E-state index in [-0.39, 0.29) is 37.0 Å². The van der Waals surface area contributed by atoms with Crippen molar-refractivity contribution in [3.05, 3.63) is 70.8 Å². The van der Waals surface area contributed by atoms with E-state index in [0.717, 1.165) is 63.7 Å². The summed E-state index contributed by atoms with van der Waals surface area (Å²) < 4.78 is 23.0. The standard InChI is InChI=1S/2C14H17NO2.2ClH/c2*1-3-11-4-2-6-14(13(11)5-1)17-10-12-9-15-7-8-16-12;;/h2*1-4,6,12,15H,5,7-10H2;2*1H. The smallest absolute Gasteiger partial charge is 0.123 e. The molecule has 2 heterocycles. The van der Waals surface area contributed by atoms with Crippen LogP contribution < -0.4 is 20.1 Å². The molecule has 0 saturated carbocycles. The first kappa shape index (κ1) is 28.5. The molecule has 0 bridgehead atoms. The second-order valence-electron chi connectivity index (χ2n) is 8.88. The number of allylic oxidation sites excluding steroid dienone is 2. The first-order valence-electron chi connectivity index (χ1n) is 12.3. The number of hydrogen-bond acceptors (Lipinski definition) is 6. The number of benzene rings is 2. The lowest BCUT2D eigenvalue weighted by Gasteiger charge is -2.24. The van der Waals surface area contributed by atoms with Gasteiger partial charge in [-0.15, -0.1) is 24.8 Å². The van der Waals surface area contributed by atoms with Gasteiger partial charge in [0.05, 0.1) is 13.2 Å². The van der Waals surface area contributed by atoms with Gasteiger partial charge in [0, 0.05) is 37.3 Å². The van der Waals surface area contributed by atoms with Crippen LogP contribution in [0.1, 0.15) is 22.3 Å². The Morgan fingerprint density at radius 1 is 0.694 bits per heavy atom. The molecular weight excluding hydrogens is 499 g/mol. The van der Waals surface area contributed by atoms with Crippen LogP contribution in [0.2, 0.25) is 0 Å². The molecule has 2 saturated heterocycles. The van der Waals surface area contributed by atoms with Gasteiger partial charge in [0.1, 0.15) is 36.9 Å². The van der Waals surface area contributed by atoms with Crippen molar-refractivity contribution in [3.63, 3.8) is 0 Å². The third-order valence-electron chi connectivity index (χ3n) is 6.44. The molecule has 2 aliphatic heterocycles. The van der Waals surface area contributed by atoms with E-state index in [2.05, 4.69) is 47.1 Å². The Kier molecular flexibility index (Phi) is 11.6. The van der Waals surface area contributed by atoms with Gasteiger partial charge in [-0.2, -0.15) is 0 Å². The van der Waals surface area contributed by atoms with Crippen molar-refractivity contribution in [2.75, 3.05) is 52.6 Å². The van der Waals surface area contributed by atoms with Crippen molar-refractivity contribution >= 4 is 37.0 Å². The lowest BCUT2D eigenvalue weighted by molar-refractivity contribution is 0.00000781. The van der Waals surface area contributed by atoms with Crippen molar-refractivity contribution in [1.82, 2.24) is 10.6 Å². The largest absolute Gasteiger partial charge is 0.491 e. The van der Waals surface area contributed by atoms with Crippen LogP contribution in [0.25, 0.3) is 12.2 Å². The summed E-state index contributed by atoms with van der Waals surface area (Å²) in [4.78, 5) is 0. The molecule has 0 spiro atoms. The Bertz CT molecular complexity index is 937. The number of nitrogens with one attached hydrogen (secondary N) is 2. The van der Waals surface area contributed by atoms with Crippen LogP contribution in [0, 0.1) is 0 Å². The molecule has 2 atom stereocenters. The molecule has 2 aromatic rings. The molecule has 8 heteroatoms. The van der Waals surface area contributed by atoms with E-state index in [1.165, 1.54) is 22.3 Å². The summed E-state index contributed by atoms with van der Waals surface area (Å²) in [5.41, 5.74) is 5.17. The Morgan fingerprint density at radius 3 is 1.58 bits per heavy atom. The zero-order chi connectivity index (χ0) is 23.0. The first-order chi connectivity index (χ1) is 16.9. The van der Waals surface area contributed by atoms with Crippen LogP contribution in [-0.2, 0) is 22.3 Å². The fourth-order valence-electron chi connectivity index (χ4n) is 4.61. The first-order valence-corrected chi connectivity index (χ1v) is 12.3. The molecule has 0 radical (unpaired) electrons. The molecule has 0 aromatic heterocycles. The van der Waals surface area contributed by atoms with Gasteiger partial charge in [0.25, 0.3) is 0 Å². The van der Waals surface area contributed by atoms with E-state index in [9.17, 15) is 0 Å². The van der Waals surface area contributed by atoms with Gasteiger partial charge in [-0.05, 0) is 36.1 Å². The molecule has 196 valence electrons. The van der Waals surface area contributed by atoms with E-state index in [1.54, 1.807) is 0 Å². The highest BCUT2D eigenvalue weighted by Gasteiger charge is 2.17. The summed E-state index contributed by atoms with van der Waals surface area (Å²) in [5.74, 6) is 2.00. The van der Waals surface area contributed by atoms with Gasteiger partial charge in [0.15, 0.2) is 0 Å². The summed E-state index contributed by atoms with van der Waals surface area (Å²) in [5, 5.41) is 6.61. The molecule has 4 aliphatic rings. The molecule has 2 N–H and O–H groups in total. The van der Waals surface area contributed by atoms with Crippen molar-refractivity contribution in [1.29, 1.82) is 0 Å². The Labute approximate surface area is 226 Å². The maximum atomic E-state index is 5.88. The molecule has 2 aromatic carbocycles. The molecule has 0 amide bonds. The second-order valence-corrected chi connectivity index (χ2v) is 8.88. The third kappa shape index (κ3) is 7.48. The summed E-state index contributed by atoms with van der Waals surface area (Å²) >= 11 is 0. The van der Waals surface area contributed by atoms with Gasteiger partial charge in [-0.1, -0.05) is 48.6 Å². The van der Waals surface area contributed by atoms with Crippen LogP contribution in [0.4, 0.5) is 0 Å². The average Bonchev–Trinajstić information content (AvgIpc) is 3.58. The zero-order valence-corrected chi connectivity index (χ0v) is 22.1. The second kappa shape index (κ2) is 14.6. The molecule has 6 nitrogen and oxygen atoms in total. The van der Waals surface area contributed by atoms with Crippen LogP contribution in [0.15, 0.2) is 48.6 Å². The molecular formula is C28H36Cl2N2O4. The minimum absolute atomic E-state index is 0. The third-order valence-corrected chi connectivity index (χ3v) is 6.44. The van der Waals surface area contributed by atoms with Crippen LogP contribution in [-0.4, -0.2) is 64.8 Å². The molecule has 36 heavy (non-hydrogen) atoms. The molecule has 2 unspecified atom stereocenters. The highest BCUT2D eigenvalue weighted by atomic mass is 35.5. The fraction of sp³-hybridized carbons (Fsp3) is 0.429. The zero-order valence-electron chi connectivity index (χ0n) is 20.4. The molecule has 2 aliphatic carbocycles. The number of ether oxygens (including phenoxy) is 4. The van der Waals surface area contributed by atoms with E-state index >= 15 is 0 Å². The van der Waals surface area contributed by atoms with Crippen molar-refractivity contribution < 1.29 is 18.9 Å². The maximum Gasteiger partial charge on any atom is 0.123 e. The van der Waals surface area contributed by atoms with Crippen LogP contribution in [0.5, 0.6) is 11.5 Å². The summed E-state index contributed by atoms with van der Waals surface area (Å²) in [6.07, 6.45) is 11.0. The van der Waals surface area contributed by atoms with Gasteiger partial charge in [-0.3, -0.25) is 0 Å². The SMILES string of the molecule is C1=Cc2cccc(OCC3CNCCO3)c2C1.C1=Cc2cccc(OCC3CNCCO3)c2C1.Cl.Cl. The van der Waals surface area contributed by atoms with E-state index < -0.39 is 0 Å². The number of halogens is 2. The summed E-state index contributed by atoms with van der Waals surface area (Å²) in [6, 6.07) is 12.4. The predicted octanol–water partition coefficient (Wildman–Crippen LogP) is 4.09. The van der Waals surface area contributed by atoms with E-state index in [4.69, 9.17) is 18.9 Å². The Morgan fingerprint density at radius 2 is 1.17 bits per heavy atom. The van der Waals surface area contributed by atoms with Crippen LogP contribution >= 0.6 is 24.8 Å². The highest BCUT2D eigenvalue weighted by Crippen LogP contribution is 2.29. The monoisotopic (exact) mass is 534 g/mol. The Hall–Kier alpha value is -2.06. The number of rotatable bonds is 6. The summed E-state index contributed by atoms with van der Waals surface area (Å²) in [7, 11) is 0. The van der Waals surface area contributed by atoms with Gasteiger partial charge < -0.3 is 29.6 Å². The van der Waals surface area contributed by atoms with Gasteiger partial charge in [0.2, 0.25) is 0 Å². The van der Waals surface area contributed by atoms with Crippen molar-refractivity contribution in [3.8, 4) is 11.5 Å². The number of hydrogen-bond donors (Lipinski definition) is 2. The lowest BCUT2D eigenvalue weighted by Crippen LogP contribution is -2.41. The maximum absolute atomic E-state index is 5.88. The van der Waals surface area contributed by atoms with Crippen molar-refractivity contribution in [2.24, 2.45) is 0 Å². The van der Waals surface area contributed by atoms with E-state index in [0.29, 0.717) is 13.2 Å². The van der Waals surface area contributed by atoms with Gasteiger partial charge in [-0.25, -0.2) is 0 Å².